The Labute approximate surface area is 95.8 Å². The van der Waals surface area contributed by atoms with Gasteiger partial charge in [0.15, 0.2) is 16.6 Å². The van der Waals surface area contributed by atoms with Gasteiger partial charge in [0.05, 0.1) is 11.9 Å². The molecule has 0 saturated carbocycles. The Morgan fingerprint density at radius 2 is 2.19 bits per heavy atom. The molecule has 0 amide bonds. The van der Waals surface area contributed by atoms with E-state index in [0.29, 0.717) is 10.8 Å². The van der Waals surface area contributed by atoms with Crippen molar-refractivity contribution in [3.05, 3.63) is 28.8 Å². The van der Waals surface area contributed by atoms with E-state index in [4.69, 9.17) is 11.6 Å². The first kappa shape index (κ1) is 9.41. The first-order valence-electron chi connectivity index (χ1n) is 4.78. The van der Waals surface area contributed by atoms with Crippen molar-refractivity contribution < 1.29 is 0 Å². The Kier molecular flexibility index (Phi) is 1.81. The van der Waals surface area contributed by atoms with Gasteiger partial charge < -0.3 is 0 Å². The molecule has 0 bridgehead atoms. The average Bonchev–Trinajstić information content (AvgIpc) is 2.84. The monoisotopic (exact) mass is 236 g/mol. The number of aromatic amines is 1. The van der Waals surface area contributed by atoms with Crippen molar-refractivity contribution in [2.75, 3.05) is 0 Å². The Morgan fingerprint density at radius 3 is 2.81 bits per heavy atom. The summed E-state index contributed by atoms with van der Waals surface area (Å²) in [7, 11) is 0. The number of rotatable bonds is 1. The van der Waals surface area contributed by atoms with Crippen LogP contribution in [0.25, 0.3) is 11.5 Å². The van der Waals surface area contributed by atoms with E-state index in [0.717, 1.165) is 17.2 Å². The molecule has 16 heavy (non-hydrogen) atoms. The number of hydrogen-bond donors (Lipinski definition) is 1. The predicted molar refractivity (Wildman–Crippen MR) is 58.9 cm³/mol. The minimum atomic E-state index is 0.354. The van der Waals surface area contributed by atoms with E-state index in [9.17, 15) is 0 Å². The molecule has 82 valence electrons. The molecular weight excluding hydrogens is 228 g/mol. The smallest absolute Gasteiger partial charge is 0.195 e. The van der Waals surface area contributed by atoms with Crippen molar-refractivity contribution >= 4 is 17.2 Å². The van der Waals surface area contributed by atoms with E-state index in [-0.39, 0.29) is 0 Å². The number of fused-ring (bicyclic) bond motifs is 1. The number of aryl methyl sites for hydroxylation is 2. The third-order valence-corrected chi connectivity index (χ3v) is 2.61. The molecule has 6 nitrogen and oxygen atoms in total. The zero-order valence-corrected chi connectivity index (χ0v) is 9.52. The van der Waals surface area contributed by atoms with Crippen LogP contribution in [-0.4, -0.2) is 29.6 Å². The first-order chi connectivity index (χ1) is 7.65. The van der Waals surface area contributed by atoms with Gasteiger partial charge in [0.2, 0.25) is 0 Å². The standard InChI is InChI=1S/C9H9ClN6/c1-5-3-6(2)16(13-5)7-4-15-9(11-7)8(10)12-14-15/h3-4,14H,1-2H3. The van der Waals surface area contributed by atoms with Crippen molar-refractivity contribution in [2.24, 2.45) is 0 Å². The van der Waals surface area contributed by atoms with Crippen molar-refractivity contribution in [2.45, 2.75) is 13.8 Å². The molecule has 1 N–H and O–H groups in total. The van der Waals surface area contributed by atoms with E-state index < -0.39 is 0 Å². The Balaban J connectivity index is 2.22. The number of imidazole rings is 1. The number of nitrogens with one attached hydrogen (secondary N) is 1. The van der Waals surface area contributed by atoms with Gasteiger partial charge in [-0.2, -0.15) is 5.10 Å². The maximum absolute atomic E-state index is 5.86. The molecule has 0 radical (unpaired) electrons. The largest absolute Gasteiger partial charge is 0.223 e. The molecule has 0 spiro atoms. The van der Waals surface area contributed by atoms with Gasteiger partial charge in [-0.25, -0.2) is 19.4 Å². The lowest BCUT2D eigenvalue weighted by Crippen LogP contribution is -1.99. The zero-order valence-electron chi connectivity index (χ0n) is 8.77. The Morgan fingerprint density at radius 1 is 1.38 bits per heavy atom. The minimum absolute atomic E-state index is 0.354. The summed E-state index contributed by atoms with van der Waals surface area (Å²) in [6.45, 7) is 3.92. The average molecular weight is 237 g/mol. The fourth-order valence-electron chi connectivity index (χ4n) is 1.70. The van der Waals surface area contributed by atoms with Gasteiger partial charge in [0, 0.05) is 5.69 Å². The van der Waals surface area contributed by atoms with Gasteiger partial charge in [0.1, 0.15) is 0 Å². The second kappa shape index (κ2) is 3.08. The van der Waals surface area contributed by atoms with Gasteiger partial charge in [-0.3, -0.25) is 0 Å². The highest BCUT2D eigenvalue weighted by atomic mass is 35.5. The van der Waals surface area contributed by atoms with E-state index >= 15 is 0 Å². The second-order valence-electron chi connectivity index (χ2n) is 3.63. The zero-order chi connectivity index (χ0) is 11.3. The summed E-state index contributed by atoms with van der Waals surface area (Å²) in [6, 6.07) is 1.99. The van der Waals surface area contributed by atoms with Crippen LogP contribution in [0, 0.1) is 13.8 Å². The molecule has 0 aromatic carbocycles. The fraction of sp³-hybridized carbons (Fsp3) is 0.222. The molecule has 0 aliphatic heterocycles. The fourth-order valence-corrected chi connectivity index (χ4v) is 1.87. The molecule has 0 saturated heterocycles. The SMILES string of the molecule is Cc1cc(C)n(-c2cn3[nH]nc(Cl)c3n2)n1. The van der Waals surface area contributed by atoms with E-state index in [1.165, 1.54) is 0 Å². The third-order valence-electron chi connectivity index (χ3n) is 2.36. The van der Waals surface area contributed by atoms with Crippen molar-refractivity contribution in [3.63, 3.8) is 0 Å². The highest BCUT2D eigenvalue weighted by Crippen LogP contribution is 2.16. The van der Waals surface area contributed by atoms with Crippen LogP contribution in [0.4, 0.5) is 0 Å². The predicted octanol–water partition coefficient (Wildman–Crippen LogP) is 1.51. The van der Waals surface area contributed by atoms with Crippen LogP contribution in [0.1, 0.15) is 11.4 Å². The van der Waals surface area contributed by atoms with Crippen LogP contribution in [0.2, 0.25) is 5.15 Å². The molecule has 0 fully saturated rings. The summed E-state index contributed by atoms with van der Waals surface area (Å²) in [5.74, 6) is 0.723. The molecule has 3 heterocycles. The normalized spacial score (nSPS) is 11.4. The summed E-state index contributed by atoms with van der Waals surface area (Å²) >= 11 is 5.86. The number of halogens is 1. The van der Waals surface area contributed by atoms with E-state index in [1.807, 2.05) is 19.9 Å². The molecule has 7 heteroatoms. The summed E-state index contributed by atoms with van der Waals surface area (Å²) in [4.78, 5) is 4.35. The molecule has 0 atom stereocenters. The van der Waals surface area contributed by atoms with Gasteiger partial charge in [0.25, 0.3) is 0 Å². The van der Waals surface area contributed by atoms with E-state index in [1.54, 1.807) is 15.4 Å². The van der Waals surface area contributed by atoms with Crippen LogP contribution >= 0.6 is 11.6 Å². The van der Waals surface area contributed by atoms with Crippen molar-refractivity contribution in [3.8, 4) is 5.82 Å². The van der Waals surface area contributed by atoms with Gasteiger partial charge in [-0.15, -0.1) is 5.10 Å². The molecule has 0 aliphatic rings. The maximum Gasteiger partial charge on any atom is 0.195 e. The van der Waals surface area contributed by atoms with Crippen LogP contribution in [0.15, 0.2) is 12.3 Å². The number of aromatic nitrogens is 6. The van der Waals surface area contributed by atoms with Crippen LogP contribution in [-0.2, 0) is 0 Å². The lowest BCUT2D eigenvalue weighted by atomic mass is 10.4. The lowest BCUT2D eigenvalue weighted by molar-refractivity contribution is 0.803. The quantitative estimate of drug-likeness (QED) is 0.697. The first-order valence-corrected chi connectivity index (χ1v) is 5.15. The number of H-pyrrole nitrogens is 1. The van der Waals surface area contributed by atoms with Crippen molar-refractivity contribution in [1.29, 1.82) is 0 Å². The number of hydrogen-bond acceptors (Lipinski definition) is 3. The van der Waals surface area contributed by atoms with Gasteiger partial charge in [-0.05, 0) is 19.9 Å². The number of nitrogens with zero attached hydrogens (tertiary/aromatic N) is 5. The lowest BCUT2D eigenvalue weighted by Gasteiger charge is -1.96. The molecule has 3 aromatic heterocycles. The molecular formula is C9H9ClN6. The Bertz CT molecular complexity index is 661. The topological polar surface area (TPSA) is 63.8 Å². The highest BCUT2D eigenvalue weighted by molar-refractivity contribution is 6.32. The highest BCUT2D eigenvalue weighted by Gasteiger charge is 2.11. The Hall–Kier alpha value is -1.82. The summed E-state index contributed by atoms with van der Waals surface area (Å²) in [5, 5.41) is 11.3. The molecule has 0 unspecified atom stereocenters. The molecule has 0 aliphatic carbocycles. The van der Waals surface area contributed by atoms with Crippen LogP contribution in [0.3, 0.4) is 0 Å². The summed E-state index contributed by atoms with van der Waals surface area (Å²) < 4.78 is 3.43. The minimum Gasteiger partial charge on any atom is -0.223 e. The molecule has 3 rings (SSSR count). The van der Waals surface area contributed by atoms with Crippen LogP contribution < -0.4 is 0 Å². The summed E-state index contributed by atoms with van der Waals surface area (Å²) in [6.07, 6.45) is 1.80. The van der Waals surface area contributed by atoms with Crippen LogP contribution in [0.5, 0.6) is 0 Å². The van der Waals surface area contributed by atoms with E-state index in [2.05, 4.69) is 20.4 Å². The third kappa shape index (κ3) is 1.23. The van der Waals surface area contributed by atoms with Crippen molar-refractivity contribution in [1.82, 2.24) is 29.6 Å². The summed E-state index contributed by atoms with van der Waals surface area (Å²) in [5.41, 5.74) is 2.59. The maximum atomic E-state index is 5.86. The van der Waals surface area contributed by atoms with Gasteiger partial charge in [-0.1, -0.05) is 11.6 Å². The van der Waals surface area contributed by atoms with Gasteiger partial charge >= 0.3 is 0 Å². The molecule has 3 aromatic rings. The second-order valence-corrected chi connectivity index (χ2v) is 3.99.